The molecule has 4 N–H and O–H groups in total. The zero-order valence-corrected chi connectivity index (χ0v) is 22.8. The van der Waals surface area contributed by atoms with Crippen molar-refractivity contribution in [1.29, 1.82) is 0 Å². The molecule has 0 atom stereocenters. The molecule has 0 saturated heterocycles. The van der Waals surface area contributed by atoms with Gasteiger partial charge in [0.25, 0.3) is 0 Å². The van der Waals surface area contributed by atoms with Gasteiger partial charge in [-0.2, -0.15) is 0 Å². The Morgan fingerprint density at radius 1 is 0.676 bits per heavy atom. The molecule has 0 unspecified atom stereocenters. The van der Waals surface area contributed by atoms with Crippen molar-refractivity contribution in [2.24, 2.45) is 5.73 Å². The largest absolute Gasteiger partial charge is 0.330 e. The Balaban J connectivity index is 2.02. The molecular formula is C31H51N3. The number of nitrogens with one attached hydrogen (secondary N) is 2. The predicted octanol–water partition coefficient (Wildman–Crippen LogP) is 6.13. The fraction of sp³-hybridized carbons (Fsp3) is 0.613. The highest BCUT2D eigenvalue weighted by molar-refractivity contribution is 5.34. The Hall–Kier alpha value is -1.68. The molecular weight excluding hydrogens is 414 g/mol. The first-order chi connectivity index (χ1) is 16.1. The molecule has 0 fully saturated rings. The molecule has 190 valence electrons. The van der Waals surface area contributed by atoms with E-state index in [0.29, 0.717) is 6.04 Å². The van der Waals surface area contributed by atoms with E-state index in [1.54, 1.807) is 0 Å². The molecule has 2 aromatic carbocycles. The summed E-state index contributed by atoms with van der Waals surface area (Å²) < 4.78 is 0. The summed E-state index contributed by atoms with van der Waals surface area (Å²) in [7, 11) is 0. The van der Waals surface area contributed by atoms with Crippen LogP contribution < -0.4 is 16.4 Å². The Labute approximate surface area is 210 Å². The van der Waals surface area contributed by atoms with Gasteiger partial charge in [-0.15, -0.1) is 0 Å². The number of aryl methyl sites for hydroxylation is 2. The van der Waals surface area contributed by atoms with Gasteiger partial charge in [-0.25, -0.2) is 0 Å². The molecule has 3 heteroatoms. The maximum Gasteiger partial charge on any atom is 0.00734 e. The highest BCUT2D eigenvalue weighted by Gasteiger charge is 2.20. The maximum absolute atomic E-state index is 5.59. The van der Waals surface area contributed by atoms with Crippen LogP contribution in [0.1, 0.15) is 89.5 Å². The average molecular weight is 466 g/mol. The van der Waals surface area contributed by atoms with E-state index in [1.807, 2.05) is 0 Å². The van der Waals surface area contributed by atoms with Gasteiger partial charge in [-0.05, 0) is 97.8 Å². The Kier molecular flexibility index (Phi) is 11.8. The van der Waals surface area contributed by atoms with Crippen LogP contribution in [0.4, 0.5) is 0 Å². The van der Waals surface area contributed by atoms with Gasteiger partial charge in [0.15, 0.2) is 0 Å². The van der Waals surface area contributed by atoms with E-state index in [2.05, 4.69) is 101 Å². The molecule has 0 aliphatic rings. The van der Waals surface area contributed by atoms with Crippen LogP contribution in [0.25, 0.3) is 0 Å². The number of hydrogen-bond acceptors (Lipinski definition) is 3. The highest BCUT2D eigenvalue weighted by atomic mass is 14.9. The van der Waals surface area contributed by atoms with Gasteiger partial charge in [0, 0.05) is 6.04 Å². The Morgan fingerprint density at radius 2 is 1.15 bits per heavy atom. The summed E-state index contributed by atoms with van der Waals surface area (Å²) in [4.78, 5) is 0. The second-order valence-electron chi connectivity index (χ2n) is 11.8. The van der Waals surface area contributed by atoms with Gasteiger partial charge in [0.05, 0.1) is 0 Å². The molecule has 0 saturated carbocycles. The fourth-order valence-corrected chi connectivity index (χ4v) is 4.82. The first-order valence-corrected chi connectivity index (χ1v) is 13.4. The lowest BCUT2D eigenvalue weighted by atomic mass is 9.81. The number of nitrogens with two attached hydrogens (primary N) is 1. The third-order valence-electron chi connectivity index (χ3n) is 6.70. The van der Waals surface area contributed by atoms with Crippen LogP contribution in [0.2, 0.25) is 0 Å². The zero-order valence-electron chi connectivity index (χ0n) is 22.8. The van der Waals surface area contributed by atoms with Crippen LogP contribution in [0.3, 0.4) is 0 Å². The topological polar surface area (TPSA) is 50.1 Å². The second kappa shape index (κ2) is 14.0. The van der Waals surface area contributed by atoms with E-state index in [9.17, 15) is 0 Å². The van der Waals surface area contributed by atoms with Crippen LogP contribution in [0.15, 0.2) is 48.5 Å². The third kappa shape index (κ3) is 9.90. The highest BCUT2D eigenvalue weighted by Crippen LogP contribution is 2.28. The monoisotopic (exact) mass is 465 g/mol. The lowest BCUT2D eigenvalue weighted by Crippen LogP contribution is -2.33. The van der Waals surface area contributed by atoms with Gasteiger partial charge in [-0.1, -0.05) is 90.1 Å². The van der Waals surface area contributed by atoms with Crippen molar-refractivity contribution < 1.29 is 0 Å². The molecule has 0 amide bonds. The summed E-state index contributed by atoms with van der Waals surface area (Å²) in [6, 6.07) is 18.5. The lowest BCUT2D eigenvalue weighted by Gasteiger charge is -2.26. The molecule has 2 aromatic rings. The lowest BCUT2D eigenvalue weighted by molar-refractivity contribution is 0.440. The second-order valence-corrected chi connectivity index (χ2v) is 11.8. The fourth-order valence-electron chi connectivity index (χ4n) is 4.82. The Bertz CT molecular complexity index is 768. The third-order valence-corrected chi connectivity index (χ3v) is 6.70. The smallest absolute Gasteiger partial charge is 0.00734 e. The van der Waals surface area contributed by atoms with E-state index >= 15 is 0 Å². The van der Waals surface area contributed by atoms with Crippen molar-refractivity contribution in [2.45, 2.75) is 96.9 Å². The Morgan fingerprint density at radius 3 is 1.62 bits per heavy atom. The van der Waals surface area contributed by atoms with Crippen LogP contribution >= 0.6 is 0 Å². The normalized spacial score (nSPS) is 12.5. The van der Waals surface area contributed by atoms with Crippen molar-refractivity contribution >= 4 is 0 Å². The molecule has 34 heavy (non-hydrogen) atoms. The van der Waals surface area contributed by atoms with Crippen molar-refractivity contribution in [3.8, 4) is 0 Å². The summed E-state index contributed by atoms with van der Waals surface area (Å²) in [6.07, 6.45) is 6.80. The number of benzene rings is 2. The molecule has 0 spiro atoms. The van der Waals surface area contributed by atoms with E-state index in [1.165, 1.54) is 35.1 Å². The summed E-state index contributed by atoms with van der Waals surface area (Å²) >= 11 is 0. The van der Waals surface area contributed by atoms with Gasteiger partial charge in [0.2, 0.25) is 0 Å². The van der Waals surface area contributed by atoms with Crippen LogP contribution in [-0.4, -0.2) is 32.2 Å². The number of hydrogen-bond donors (Lipinski definition) is 3. The molecule has 0 radical (unpaired) electrons. The van der Waals surface area contributed by atoms with Gasteiger partial charge in [-0.3, -0.25) is 0 Å². The van der Waals surface area contributed by atoms with Gasteiger partial charge >= 0.3 is 0 Å². The summed E-state index contributed by atoms with van der Waals surface area (Å²) in [5.74, 6) is 0. The van der Waals surface area contributed by atoms with Crippen molar-refractivity contribution in [3.05, 3.63) is 70.8 Å². The molecule has 3 nitrogen and oxygen atoms in total. The van der Waals surface area contributed by atoms with Crippen LogP contribution in [-0.2, 0) is 23.7 Å². The first-order valence-electron chi connectivity index (χ1n) is 13.4. The van der Waals surface area contributed by atoms with Crippen molar-refractivity contribution in [2.75, 3.05) is 26.2 Å². The quantitative estimate of drug-likeness (QED) is 0.294. The molecule has 0 heterocycles. The van der Waals surface area contributed by atoms with E-state index in [-0.39, 0.29) is 10.8 Å². The van der Waals surface area contributed by atoms with E-state index < -0.39 is 0 Å². The van der Waals surface area contributed by atoms with Crippen molar-refractivity contribution in [3.63, 3.8) is 0 Å². The minimum absolute atomic E-state index is 0.181. The van der Waals surface area contributed by atoms with Crippen LogP contribution in [0.5, 0.6) is 0 Å². The van der Waals surface area contributed by atoms with E-state index in [4.69, 9.17) is 5.73 Å². The standard InChI is InChI=1S/C31H51N3/c1-30(2,3)28-15-9-7-13-25(28)17-19-27(34-24-12-23-33-22-11-21-32)20-18-26-14-8-10-16-29(26)31(4,5)6/h7-10,13-16,27,33-34H,11-12,17-24,32H2,1-6H3. The van der Waals surface area contributed by atoms with Crippen LogP contribution in [0, 0.1) is 0 Å². The predicted molar refractivity (Wildman–Crippen MR) is 150 cm³/mol. The molecule has 0 aromatic heterocycles. The summed E-state index contributed by atoms with van der Waals surface area (Å²) in [6.45, 7) is 17.8. The summed E-state index contributed by atoms with van der Waals surface area (Å²) in [5.41, 5.74) is 11.9. The zero-order chi connectivity index (χ0) is 25.0. The van der Waals surface area contributed by atoms with Crippen molar-refractivity contribution in [1.82, 2.24) is 10.6 Å². The minimum atomic E-state index is 0.181. The SMILES string of the molecule is CC(C)(C)c1ccccc1CCC(CCc1ccccc1C(C)(C)C)NCCCNCCCN. The van der Waals surface area contributed by atoms with E-state index in [0.717, 1.165) is 51.9 Å². The molecule has 0 aliphatic heterocycles. The van der Waals surface area contributed by atoms with Gasteiger partial charge < -0.3 is 16.4 Å². The number of rotatable bonds is 14. The minimum Gasteiger partial charge on any atom is -0.330 e. The molecule has 2 rings (SSSR count). The average Bonchev–Trinajstić information content (AvgIpc) is 2.79. The molecule has 0 bridgehead atoms. The molecule has 0 aliphatic carbocycles. The maximum atomic E-state index is 5.59. The summed E-state index contributed by atoms with van der Waals surface area (Å²) in [5, 5.41) is 7.41. The first kappa shape index (κ1) is 28.6. The van der Waals surface area contributed by atoms with Gasteiger partial charge in [0.1, 0.15) is 0 Å².